The predicted molar refractivity (Wildman–Crippen MR) is 129 cm³/mol. The lowest BCUT2D eigenvalue weighted by Gasteiger charge is -2.20. The molecule has 2 aromatic heterocycles. The number of ether oxygens (including phenoxy) is 1. The minimum Gasteiger partial charge on any atom is -0.459 e. The van der Waals surface area contributed by atoms with Gasteiger partial charge < -0.3 is 9.30 Å². The zero-order valence-corrected chi connectivity index (χ0v) is 20.0. The number of rotatable bonds is 5. The van der Waals surface area contributed by atoms with Gasteiger partial charge in [0.05, 0.1) is 5.52 Å². The van der Waals surface area contributed by atoms with Crippen molar-refractivity contribution in [2.24, 2.45) is 0 Å². The van der Waals surface area contributed by atoms with Crippen LogP contribution in [0.2, 0.25) is 5.02 Å². The normalized spacial score (nSPS) is 11.7. The number of nitrogens with zero attached hydrogens (tertiary/aromatic N) is 3. The molecule has 0 N–H and O–H groups in total. The number of hydrogen-bond acceptors (Lipinski definition) is 5. The molecule has 0 bridgehead atoms. The quantitative estimate of drug-likeness (QED) is 0.312. The minimum atomic E-state index is -0.540. The Hall–Kier alpha value is -2.83. The van der Waals surface area contributed by atoms with Crippen molar-refractivity contribution >= 4 is 40.2 Å². The van der Waals surface area contributed by atoms with E-state index < -0.39 is 5.60 Å². The molecule has 0 saturated heterocycles. The largest absolute Gasteiger partial charge is 0.459 e. The third-order valence-electron chi connectivity index (χ3n) is 4.91. The van der Waals surface area contributed by atoms with Crippen molar-refractivity contribution < 1.29 is 9.53 Å². The first-order valence-corrected chi connectivity index (χ1v) is 11.4. The number of carbonyl (C=O) groups is 1. The second-order valence-electron chi connectivity index (χ2n) is 8.47. The molecule has 164 valence electrons. The standard InChI is InChI=1S/C25H24ClN3O2S/c1-16-24(32-19-10-8-18(26)9-11-19)23-20(17-12-27-15-28-13-17)6-5-7-21(23)29(16)14-22(30)31-25(2,3)4/h5-13,15H,14H2,1-4H3. The molecule has 4 rings (SSSR count). The Morgan fingerprint density at radius 2 is 1.78 bits per heavy atom. The molecule has 0 amide bonds. The van der Waals surface area contributed by atoms with E-state index in [4.69, 9.17) is 16.3 Å². The fourth-order valence-corrected chi connectivity index (χ4v) is 4.83. The smallest absolute Gasteiger partial charge is 0.326 e. The maximum Gasteiger partial charge on any atom is 0.326 e. The van der Waals surface area contributed by atoms with E-state index in [-0.39, 0.29) is 12.5 Å². The molecule has 0 spiro atoms. The lowest BCUT2D eigenvalue weighted by molar-refractivity contribution is -0.155. The van der Waals surface area contributed by atoms with Gasteiger partial charge in [-0.25, -0.2) is 9.97 Å². The highest BCUT2D eigenvalue weighted by atomic mass is 35.5. The van der Waals surface area contributed by atoms with E-state index in [1.54, 1.807) is 24.2 Å². The van der Waals surface area contributed by atoms with Crippen molar-refractivity contribution in [2.75, 3.05) is 0 Å². The first kappa shape index (κ1) is 22.4. The average molecular weight is 466 g/mol. The highest BCUT2D eigenvalue weighted by Gasteiger charge is 2.23. The Balaban J connectivity index is 1.88. The Labute approximate surface area is 196 Å². The molecule has 5 nitrogen and oxygen atoms in total. The van der Waals surface area contributed by atoms with Crippen LogP contribution in [0.3, 0.4) is 0 Å². The van der Waals surface area contributed by atoms with E-state index in [2.05, 4.69) is 16.0 Å². The van der Waals surface area contributed by atoms with Crippen LogP contribution in [0.4, 0.5) is 0 Å². The van der Waals surface area contributed by atoms with Gasteiger partial charge in [-0.15, -0.1) is 0 Å². The van der Waals surface area contributed by atoms with Gasteiger partial charge in [0.1, 0.15) is 18.5 Å². The lowest BCUT2D eigenvalue weighted by Crippen LogP contribution is -2.26. The van der Waals surface area contributed by atoms with Gasteiger partial charge >= 0.3 is 5.97 Å². The van der Waals surface area contributed by atoms with Gasteiger partial charge in [0, 0.05) is 43.9 Å². The van der Waals surface area contributed by atoms with Crippen LogP contribution in [0.5, 0.6) is 0 Å². The maximum absolute atomic E-state index is 12.7. The molecule has 0 radical (unpaired) electrons. The molecule has 0 unspecified atom stereocenters. The Kier molecular flexibility index (Phi) is 6.26. The number of carbonyl (C=O) groups excluding carboxylic acids is 1. The average Bonchev–Trinajstić information content (AvgIpc) is 3.00. The third-order valence-corrected chi connectivity index (χ3v) is 6.37. The first-order chi connectivity index (χ1) is 15.2. The summed E-state index contributed by atoms with van der Waals surface area (Å²) in [5.41, 5.74) is 3.36. The fraction of sp³-hybridized carbons (Fsp3) is 0.240. The molecular weight excluding hydrogens is 442 g/mol. The summed E-state index contributed by atoms with van der Waals surface area (Å²) in [6.45, 7) is 7.80. The van der Waals surface area contributed by atoms with Crippen LogP contribution in [0.1, 0.15) is 26.5 Å². The van der Waals surface area contributed by atoms with E-state index >= 15 is 0 Å². The molecule has 4 aromatic rings. The molecule has 0 atom stereocenters. The molecule has 7 heteroatoms. The molecule has 32 heavy (non-hydrogen) atoms. The molecule has 2 heterocycles. The van der Waals surface area contributed by atoms with Crippen LogP contribution in [0.25, 0.3) is 22.0 Å². The zero-order chi connectivity index (χ0) is 22.9. The third kappa shape index (κ3) is 4.81. The Morgan fingerprint density at radius 3 is 2.44 bits per heavy atom. The maximum atomic E-state index is 12.7. The van der Waals surface area contributed by atoms with Crippen LogP contribution in [-0.2, 0) is 16.1 Å². The van der Waals surface area contributed by atoms with Gasteiger partial charge in [-0.05, 0) is 63.6 Å². The van der Waals surface area contributed by atoms with E-state index in [1.165, 1.54) is 6.33 Å². The molecule has 0 fully saturated rings. The van der Waals surface area contributed by atoms with Gasteiger partial charge in [-0.1, -0.05) is 35.5 Å². The van der Waals surface area contributed by atoms with Gasteiger partial charge in [0.2, 0.25) is 0 Å². The summed E-state index contributed by atoms with van der Waals surface area (Å²) in [4.78, 5) is 23.2. The molecule has 0 saturated carbocycles. The van der Waals surface area contributed by atoms with Crippen LogP contribution in [0.15, 0.2) is 71.0 Å². The summed E-state index contributed by atoms with van der Waals surface area (Å²) in [7, 11) is 0. The number of halogens is 1. The summed E-state index contributed by atoms with van der Waals surface area (Å²) in [6.07, 6.45) is 5.13. The van der Waals surface area contributed by atoms with Gasteiger partial charge in [-0.3, -0.25) is 4.79 Å². The number of benzene rings is 2. The van der Waals surface area contributed by atoms with Gasteiger partial charge in [0.15, 0.2) is 0 Å². The minimum absolute atomic E-state index is 0.134. The SMILES string of the molecule is Cc1c(Sc2ccc(Cl)cc2)c2c(-c3cncnc3)cccc2n1CC(=O)OC(C)(C)C. The highest BCUT2D eigenvalue weighted by molar-refractivity contribution is 7.99. The van der Waals surface area contributed by atoms with Crippen molar-refractivity contribution in [3.8, 4) is 11.1 Å². The van der Waals surface area contributed by atoms with Gasteiger partial charge in [0.25, 0.3) is 0 Å². The first-order valence-electron chi connectivity index (χ1n) is 10.3. The molecule has 0 aliphatic rings. The van der Waals surface area contributed by atoms with Crippen LogP contribution in [-0.4, -0.2) is 26.1 Å². The van der Waals surface area contributed by atoms with E-state index in [9.17, 15) is 4.79 Å². The van der Waals surface area contributed by atoms with Gasteiger partial charge in [-0.2, -0.15) is 0 Å². The Morgan fingerprint density at radius 1 is 1.09 bits per heavy atom. The molecular formula is C25H24ClN3O2S. The fourth-order valence-electron chi connectivity index (χ4n) is 3.62. The van der Waals surface area contributed by atoms with E-state index in [1.807, 2.05) is 68.7 Å². The molecule has 0 aliphatic carbocycles. The van der Waals surface area contributed by atoms with Crippen molar-refractivity contribution in [1.29, 1.82) is 0 Å². The Bertz CT molecular complexity index is 1260. The second kappa shape index (κ2) is 8.96. The topological polar surface area (TPSA) is 57.0 Å². The summed E-state index contributed by atoms with van der Waals surface area (Å²) < 4.78 is 7.62. The van der Waals surface area contributed by atoms with Crippen LogP contribution in [0, 0.1) is 6.92 Å². The van der Waals surface area contributed by atoms with Crippen molar-refractivity contribution in [2.45, 2.75) is 49.6 Å². The summed E-state index contributed by atoms with van der Waals surface area (Å²) in [6, 6.07) is 13.8. The van der Waals surface area contributed by atoms with Crippen LogP contribution < -0.4 is 0 Å². The summed E-state index contributed by atoms with van der Waals surface area (Å²) in [5.74, 6) is -0.269. The number of hydrogen-bond donors (Lipinski definition) is 0. The number of fused-ring (bicyclic) bond motifs is 1. The zero-order valence-electron chi connectivity index (χ0n) is 18.4. The summed E-state index contributed by atoms with van der Waals surface area (Å²) >= 11 is 7.73. The van der Waals surface area contributed by atoms with E-state index in [0.29, 0.717) is 5.02 Å². The highest BCUT2D eigenvalue weighted by Crippen LogP contribution is 2.42. The monoisotopic (exact) mass is 465 g/mol. The lowest BCUT2D eigenvalue weighted by atomic mass is 10.0. The predicted octanol–water partition coefficient (Wildman–Crippen LogP) is 6.55. The van der Waals surface area contributed by atoms with Crippen molar-refractivity contribution in [1.82, 2.24) is 14.5 Å². The van der Waals surface area contributed by atoms with E-state index in [0.717, 1.165) is 37.5 Å². The number of aromatic nitrogens is 3. The molecule has 0 aliphatic heterocycles. The second-order valence-corrected chi connectivity index (χ2v) is 9.99. The van der Waals surface area contributed by atoms with Crippen LogP contribution >= 0.6 is 23.4 Å². The molecule has 2 aromatic carbocycles. The van der Waals surface area contributed by atoms with Crippen molar-refractivity contribution in [3.63, 3.8) is 0 Å². The summed E-state index contributed by atoms with van der Waals surface area (Å²) in [5, 5.41) is 1.75. The number of esters is 1. The van der Waals surface area contributed by atoms with Crippen molar-refractivity contribution in [3.05, 3.63) is 71.9 Å².